The molecule has 16 heavy (non-hydrogen) atoms. The van der Waals surface area contributed by atoms with Crippen LogP contribution >= 0.6 is 15.9 Å². The van der Waals surface area contributed by atoms with Gasteiger partial charge in [-0.3, -0.25) is 4.79 Å². The van der Waals surface area contributed by atoms with Crippen molar-refractivity contribution in [3.8, 4) is 6.07 Å². The highest BCUT2D eigenvalue weighted by atomic mass is 79.9. The van der Waals surface area contributed by atoms with Gasteiger partial charge in [-0.15, -0.1) is 0 Å². The summed E-state index contributed by atoms with van der Waals surface area (Å²) >= 11 is 2.85. The largest absolute Gasteiger partial charge is 0.418 e. The average molecular weight is 292 g/mol. The molecule has 1 aromatic carbocycles. The third-order valence-corrected chi connectivity index (χ3v) is 2.59. The Bertz CT molecular complexity index is 488. The smallest absolute Gasteiger partial charge is 0.294 e. The maximum absolute atomic E-state index is 12.7. The van der Waals surface area contributed by atoms with E-state index in [4.69, 9.17) is 5.26 Å². The highest BCUT2D eigenvalue weighted by Crippen LogP contribution is 2.37. The first-order chi connectivity index (χ1) is 7.29. The van der Waals surface area contributed by atoms with Gasteiger partial charge in [-0.2, -0.15) is 18.4 Å². The molecule has 1 aromatic rings. The molecule has 0 heterocycles. The van der Waals surface area contributed by atoms with Crippen LogP contribution in [0.5, 0.6) is 0 Å². The number of nitrogens with zero attached hydrogens (tertiary/aromatic N) is 1. The van der Waals surface area contributed by atoms with E-state index in [1.165, 1.54) is 12.1 Å². The second-order valence-corrected chi connectivity index (χ2v) is 3.87. The number of rotatable bonds is 1. The van der Waals surface area contributed by atoms with Gasteiger partial charge in [0.25, 0.3) is 0 Å². The molecule has 0 radical (unpaired) electrons. The lowest BCUT2D eigenvalue weighted by Gasteiger charge is -2.13. The van der Waals surface area contributed by atoms with Gasteiger partial charge in [0.05, 0.1) is 11.1 Å². The van der Waals surface area contributed by atoms with Crippen LogP contribution in [0.2, 0.25) is 0 Å². The lowest BCUT2D eigenvalue weighted by molar-refractivity contribution is -0.138. The summed E-state index contributed by atoms with van der Waals surface area (Å²) in [6, 6.07) is 3.75. The van der Waals surface area contributed by atoms with Gasteiger partial charge in [0.15, 0.2) is 5.78 Å². The highest BCUT2D eigenvalue weighted by Gasteiger charge is 2.38. The molecule has 0 aliphatic carbocycles. The molecule has 0 bridgehead atoms. The van der Waals surface area contributed by atoms with Gasteiger partial charge in [0.1, 0.15) is 6.07 Å². The zero-order valence-corrected chi connectivity index (χ0v) is 9.61. The Balaban J connectivity index is 3.70. The van der Waals surface area contributed by atoms with E-state index in [0.717, 1.165) is 13.0 Å². The number of alkyl halides is 3. The SMILES string of the molecule is CC(=O)c1ccc(Br)c(C#N)c1C(F)(F)F. The standard InChI is InChI=1S/C10H5BrF3NO/c1-5(16)6-2-3-8(11)7(4-15)9(6)10(12,13)14/h2-3H,1H3. The van der Waals surface area contributed by atoms with Gasteiger partial charge >= 0.3 is 6.18 Å². The molecule has 0 atom stereocenters. The zero-order valence-electron chi connectivity index (χ0n) is 8.02. The van der Waals surface area contributed by atoms with E-state index in [0.29, 0.717) is 0 Å². The number of Topliss-reactive ketones (excluding diaryl/α,β-unsaturated/α-hetero) is 1. The fourth-order valence-electron chi connectivity index (χ4n) is 1.27. The fraction of sp³-hybridized carbons (Fsp3) is 0.200. The van der Waals surface area contributed by atoms with Crippen LogP contribution < -0.4 is 0 Å². The zero-order chi connectivity index (χ0) is 12.5. The minimum absolute atomic E-state index is 0.0207. The molecular formula is C10H5BrF3NO. The molecule has 0 aliphatic heterocycles. The van der Waals surface area contributed by atoms with Gasteiger partial charge in [0.2, 0.25) is 0 Å². The number of ketones is 1. The first kappa shape index (κ1) is 12.7. The second-order valence-electron chi connectivity index (χ2n) is 3.01. The molecule has 0 aromatic heterocycles. The van der Waals surface area contributed by atoms with E-state index >= 15 is 0 Å². The van der Waals surface area contributed by atoms with Crippen molar-refractivity contribution in [2.24, 2.45) is 0 Å². The quantitative estimate of drug-likeness (QED) is 0.743. The monoisotopic (exact) mass is 291 g/mol. The Morgan fingerprint density at radius 2 is 2.00 bits per heavy atom. The molecule has 84 valence electrons. The number of benzene rings is 1. The number of nitriles is 1. The van der Waals surface area contributed by atoms with Gasteiger partial charge in [-0.25, -0.2) is 0 Å². The number of carbonyl (C=O) groups excluding carboxylic acids is 1. The predicted molar refractivity (Wildman–Crippen MR) is 53.9 cm³/mol. The number of hydrogen-bond acceptors (Lipinski definition) is 2. The van der Waals surface area contributed by atoms with E-state index in [1.807, 2.05) is 0 Å². The molecule has 6 heteroatoms. The van der Waals surface area contributed by atoms with E-state index in [1.54, 1.807) is 0 Å². The maximum atomic E-state index is 12.7. The summed E-state index contributed by atoms with van der Waals surface area (Å²) in [6.45, 7) is 1.03. The van der Waals surface area contributed by atoms with E-state index in [9.17, 15) is 18.0 Å². The summed E-state index contributed by atoms with van der Waals surface area (Å²) in [5.41, 5.74) is -2.25. The minimum atomic E-state index is -4.73. The van der Waals surface area contributed by atoms with Crippen LogP contribution in [-0.4, -0.2) is 5.78 Å². The van der Waals surface area contributed by atoms with Gasteiger partial charge in [0, 0.05) is 10.0 Å². The second kappa shape index (κ2) is 4.26. The summed E-state index contributed by atoms with van der Waals surface area (Å²) in [7, 11) is 0. The molecular weight excluding hydrogens is 287 g/mol. The lowest BCUT2D eigenvalue weighted by Crippen LogP contribution is -2.14. The van der Waals surface area contributed by atoms with Crippen molar-refractivity contribution in [2.75, 3.05) is 0 Å². The summed E-state index contributed by atoms with van der Waals surface area (Å²) in [5, 5.41) is 8.68. The van der Waals surface area contributed by atoms with Crippen molar-refractivity contribution in [1.82, 2.24) is 0 Å². The molecule has 0 saturated heterocycles. The van der Waals surface area contributed by atoms with Crippen molar-refractivity contribution < 1.29 is 18.0 Å². The molecule has 1 rings (SSSR count). The van der Waals surface area contributed by atoms with E-state index in [-0.39, 0.29) is 4.47 Å². The topological polar surface area (TPSA) is 40.9 Å². The Morgan fingerprint density at radius 3 is 2.38 bits per heavy atom. The molecule has 0 N–H and O–H groups in total. The van der Waals surface area contributed by atoms with Crippen LogP contribution in [-0.2, 0) is 6.18 Å². The van der Waals surface area contributed by atoms with Crippen molar-refractivity contribution in [3.05, 3.63) is 33.3 Å². The van der Waals surface area contributed by atoms with Crippen molar-refractivity contribution in [2.45, 2.75) is 13.1 Å². The Hall–Kier alpha value is -1.35. The predicted octanol–water partition coefficient (Wildman–Crippen LogP) is 3.54. The molecule has 0 fully saturated rings. The number of hydrogen-bond donors (Lipinski definition) is 0. The third kappa shape index (κ3) is 2.25. The molecule has 0 unspecified atom stereocenters. The first-order valence-electron chi connectivity index (χ1n) is 4.09. The Kier molecular flexibility index (Phi) is 3.38. The molecule has 0 amide bonds. The van der Waals surface area contributed by atoms with Crippen molar-refractivity contribution in [1.29, 1.82) is 5.26 Å². The van der Waals surface area contributed by atoms with Crippen molar-refractivity contribution >= 4 is 21.7 Å². The van der Waals surface area contributed by atoms with Crippen molar-refractivity contribution in [3.63, 3.8) is 0 Å². The van der Waals surface area contributed by atoms with Crippen LogP contribution in [0, 0.1) is 11.3 Å². The Labute approximate surface area is 97.8 Å². The van der Waals surface area contributed by atoms with E-state index < -0.39 is 28.6 Å². The van der Waals surface area contributed by atoms with Crippen LogP contribution in [0.1, 0.15) is 28.4 Å². The van der Waals surface area contributed by atoms with Crippen LogP contribution in [0.4, 0.5) is 13.2 Å². The fourth-order valence-corrected chi connectivity index (χ4v) is 1.69. The van der Waals surface area contributed by atoms with Gasteiger partial charge in [-0.05, 0) is 35.0 Å². The summed E-state index contributed by atoms with van der Waals surface area (Å²) < 4.78 is 38.2. The summed E-state index contributed by atoms with van der Waals surface area (Å²) in [5.74, 6) is -0.726. The lowest BCUT2D eigenvalue weighted by atomic mass is 9.99. The van der Waals surface area contributed by atoms with Gasteiger partial charge in [-0.1, -0.05) is 0 Å². The molecule has 0 saturated carbocycles. The van der Waals surface area contributed by atoms with Crippen LogP contribution in [0.15, 0.2) is 16.6 Å². The van der Waals surface area contributed by atoms with E-state index in [2.05, 4.69) is 15.9 Å². The molecule has 2 nitrogen and oxygen atoms in total. The third-order valence-electron chi connectivity index (χ3n) is 1.93. The molecule has 0 spiro atoms. The summed E-state index contributed by atoms with van der Waals surface area (Å²) in [4.78, 5) is 11.1. The van der Waals surface area contributed by atoms with Gasteiger partial charge < -0.3 is 0 Å². The Morgan fingerprint density at radius 1 is 1.44 bits per heavy atom. The average Bonchev–Trinajstić information content (AvgIpc) is 2.15. The number of carbonyl (C=O) groups is 1. The minimum Gasteiger partial charge on any atom is -0.294 e. The summed E-state index contributed by atoms with van der Waals surface area (Å²) in [6.07, 6.45) is -4.73. The number of halogens is 4. The first-order valence-corrected chi connectivity index (χ1v) is 4.89. The normalized spacial score (nSPS) is 11.0. The highest BCUT2D eigenvalue weighted by molar-refractivity contribution is 9.10. The molecule has 0 aliphatic rings. The maximum Gasteiger partial charge on any atom is 0.418 e. The van der Waals surface area contributed by atoms with Crippen LogP contribution in [0.25, 0.3) is 0 Å². The van der Waals surface area contributed by atoms with Crippen LogP contribution in [0.3, 0.4) is 0 Å².